The summed E-state index contributed by atoms with van der Waals surface area (Å²) in [5.74, 6) is 0.270. The van der Waals surface area contributed by atoms with Crippen molar-refractivity contribution >= 4 is 21.4 Å². The summed E-state index contributed by atoms with van der Waals surface area (Å²) in [6.07, 6.45) is 5.84. The molecule has 0 spiro atoms. The van der Waals surface area contributed by atoms with E-state index < -0.39 is 9.84 Å². The molecule has 7 heteroatoms. The first kappa shape index (κ1) is 20.3. The van der Waals surface area contributed by atoms with E-state index in [1.165, 1.54) is 44.3 Å². The van der Waals surface area contributed by atoms with E-state index in [0.717, 1.165) is 12.2 Å². The van der Waals surface area contributed by atoms with Gasteiger partial charge >= 0.3 is 0 Å². The Hall–Kier alpha value is -1.44. The Morgan fingerprint density at radius 2 is 1.81 bits per heavy atom. The Morgan fingerprint density at radius 1 is 1.15 bits per heavy atom. The Balaban J connectivity index is 1.46. The number of carbonyl (C=O) groups is 1. The molecule has 1 amide bonds. The highest BCUT2D eigenvalue weighted by molar-refractivity contribution is 7.91. The molecule has 1 aromatic rings. The third-order valence-corrected chi connectivity index (χ3v) is 7.32. The van der Waals surface area contributed by atoms with Crippen LogP contribution in [0.4, 0.5) is 5.69 Å². The smallest absolute Gasteiger partial charge is 0.238 e. The first-order valence-electron chi connectivity index (χ1n) is 9.93. The molecule has 0 aromatic heterocycles. The Morgan fingerprint density at radius 3 is 2.41 bits per heavy atom. The number of likely N-dealkylation sites (N-methyl/N-ethyl adjacent to an activating group) is 1. The van der Waals surface area contributed by atoms with Crippen molar-refractivity contribution < 1.29 is 13.2 Å². The van der Waals surface area contributed by atoms with Crippen LogP contribution in [0.25, 0.3) is 0 Å². The van der Waals surface area contributed by atoms with Gasteiger partial charge in [0, 0.05) is 18.3 Å². The van der Waals surface area contributed by atoms with Gasteiger partial charge in [0.1, 0.15) is 0 Å². The van der Waals surface area contributed by atoms with Gasteiger partial charge in [-0.05, 0) is 57.1 Å². The minimum Gasteiger partial charge on any atom is -0.325 e. The van der Waals surface area contributed by atoms with Gasteiger partial charge in [-0.25, -0.2) is 8.42 Å². The van der Waals surface area contributed by atoms with E-state index in [1.54, 1.807) is 0 Å². The highest BCUT2D eigenvalue weighted by atomic mass is 32.2. The number of benzene rings is 1. The summed E-state index contributed by atoms with van der Waals surface area (Å²) in [4.78, 5) is 16.6. The maximum atomic E-state index is 12.3. The summed E-state index contributed by atoms with van der Waals surface area (Å²) in [5, 5.41) is 2.91. The molecule has 2 aliphatic heterocycles. The van der Waals surface area contributed by atoms with Crippen LogP contribution in [-0.4, -0.2) is 68.4 Å². The Bertz CT molecular complexity index is 725. The summed E-state index contributed by atoms with van der Waals surface area (Å²) < 4.78 is 23.2. The van der Waals surface area contributed by atoms with Crippen LogP contribution >= 0.6 is 0 Å². The van der Waals surface area contributed by atoms with Crippen LogP contribution in [0.1, 0.15) is 37.7 Å². The van der Waals surface area contributed by atoms with Crippen LogP contribution in [0, 0.1) is 0 Å². The largest absolute Gasteiger partial charge is 0.325 e. The topological polar surface area (TPSA) is 69.7 Å². The van der Waals surface area contributed by atoms with Crippen LogP contribution in [0.2, 0.25) is 0 Å². The molecule has 0 radical (unpaired) electrons. The predicted molar refractivity (Wildman–Crippen MR) is 109 cm³/mol. The summed E-state index contributed by atoms with van der Waals surface area (Å²) in [6.45, 7) is 3.51. The molecule has 150 valence electrons. The molecule has 1 aromatic carbocycles. The predicted octanol–water partition coefficient (Wildman–Crippen LogP) is 2.12. The van der Waals surface area contributed by atoms with E-state index in [9.17, 15) is 13.2 Å². The van der Waals surface area contributed by atoms with E-state index in [1.807, 2.05) is 24.1 Å². The van der Waals surface area contributed by atoms with Crippen molar-refractivity contribution in [3.63, 3.8) is 0 Å². The number of amides is 1. The lowest BCUT2D eigenvalue weighted by atomic mass is 10.2. The fourth-order valence-corrected chi connectivity index (χ4v) is 5.73. The van der Waals surface area contributed by atoms with Gasteiger partial charge in [0.25, 0.3) is 0 Å². The van der Waals surface area contributed by atoms with Crippen LogP contribution in [0.15, 0.2) is 24.3 Å². The lowest BCUT2D eigenvalue weighted by Gasteiger charge is -2.22. The fraction of sp³-hybridized carbons (Fsp3) is 0.650. The quantitative estimate of drug-likeness (QED) is 0.802. The molecule has 2 heterocycles. The number of sulfone groups is 1. The normalized spacial score (nSPS) is 23.3. The average molecular weight is 394 g/mol. The number of nitrogens with one attached hydrogen (secondary N) is 1. The lowest BCUT2D eigenvalue weighted by molar-refractivity contribution is -0.117. The maximum Gasteiger partial charge on any atom is 0.238 e. The van der Waals surface area contributed by atoms with Gasteiger partial charge in [-0.2, -0.15) is 0 Å². The molecule has 2 saturated heterocycles. The first-order chi connectivity index (χ1) is 12.9. The van der Waals surface area contributed by atoms with Crippen molar-refractivity contribution in [2.45, 2.75) is 44.7 Å². The van der Waals surface area contributed by atoms with Crippen molar-refractivity contribution in [1.82, 2.24) is 9.80 Å². The summed E-state index contributed by atoms with van der Waals surface area (Å²) in [7, 11) is -1.12. The van der Waals surface area contributed by atoms with Crippen LogP contribution in [0.5, 0.6) is 0 Å². The van der Waals surface area contributed by atoms with Gasteiger partial charge in [-0.15, -0.1) is 0 Å². The molecule has 27 heavy (non-hydrogen) atoms. The van der Waals surface area contributed by atoms with E-state index in [2.05, 4.69) is 22.3 Å². The van der Waals surface area contributed by atoms with Gasteiger partial charge in [-0.3, -0.25) is 14.6 Å². The second-order valence-electron chi connectivity index (χ2n) is 7.91. The highest BCUT2D eigenvalue weighted by Gasteiger charge is 2.31. The van der Waals surface area contributed by atoms with Crippen molar-refractivity contribution in [3.05, 3.63) is 29.8 Å². The van der Waals surface area contributed by atoms with Crippen molar-refractivity contribution in [2.75, 3.05) is 43.5 Å². The second kappa shape index (κ2) is 9.17. The van der Waals surface area contributed by atoms with E-state index >= 15 is 0 Å². The zero-order valence-corrected chi connectivity index (χ0v) is 17.0. The molecule has 1 atom stereocenters. The molecular weight excluding hydrogens is 362 g/mol. The Kier molecular flexibility index (Phi) is 6.89. The minimum atomic E-state index is -2.93. The molecule has 2 fully saturated rings. The van der Waals surface area contributed by atoms with Crippen molar-refractivity contribution in [3.8, 4) is 0 Å². The SMILES string of the molecule is CN(CC(=O)Nc1ccc(CN2CCCCCC2)cc1)[C@@H]1CCS(=O)(=O)C1. The van der Waals surface area contributed by atoms with Crippen molar-refractivity contribution in [2.24, 2.45) is 0 Å². The zero-order chi connectivity index (χ0) is 19.3. The van der Waals surface area contributed by atoms with Gasteiger partial charge in [0.15, 0.2) is 9.84 Å². The number of nitrogens with zero attached hydrogens (tertiary/aromatic N) is 2. The molecular formula is C20H31N3O3S. The molecule has 0 unspecified atom stereocenters. The van der Waals surface area contributed by atoms with Crippen LogP contribution < -0.4 is 5.32 Å². The molecule has 0 saturated carbocycles. The number of hydrogen-bond donors (Lipinski definition) is 1. The fourth-order valence-electron chi connectivity index (χ4n) is 3.93. The third kappa shape index (κ3) is 6.30. The van der Waals surface area contributed by atoms with Crippen LogP contribution in [0.3, 0.4) is 0 Å². The molecule has 2 aliphatic rings. The molecule has 1 N–H and O–H groups in total. The van der Waals surface area contributed by atoms with Gasteiger partial charge < -0.3 is 5.32 Å². The summed E-state index contributed by atoms with van der Waals surface area (Å²) >= 11 is 0. The number of hydrogen-bond acceptors (Lipinski definition) is 5. The molecule has 0 bridgehead atoms. The minimum absolute atomic E-state index is 0.0586. The Labute approximate surface area is 162 Å². The molecule has 3 rings (SSSR count). The molecule has 6 nitrogen and oxygen atoms in total. The molecule has 0 aliphatic carbocycles. The summed E-state index contributed by atoms with van der Waals surface area (Å²) in [5.41, 5.74) is 2.05. The number of likely N-dealkylation sites (tertiary alicyclic amines) is 1. The van der Waals surface area contributed by atoms with Gasteiger partial charge in [0.05, 0.1) is 18.1 Å². The lowest BCUT2D eigenvalue weighted by Crippen LogP contribution is -2.38. The van der Waals surface area contributed by atoms with Crippen LogP contribution in [-0.2, 0) is 21.2 Å². The maximum absolute atomic E-state index is 12.3. The van der Waals surface area contributed by atoms with Crippen molar-refractivity contribution in [1.29, 1.82) is 0 Å². The standard InChI is InChI=1S/C20H31N3O3S/c1-22(19-10-13-27(25,26)16-19)15-20(24)21-18-8-6-17(7-9-18)14-23-11-4-2-3-5-12-23/h6-9,19H,2-5,10-16H2,1H3,(H,21,24)/t19-/m1/s1. The zero-order valence-electron chi connectivity index (χ0n) is 16.2. The first-order valence-corrected chi connectivity index (χ1v) is 11.8. The van der Waals surface area contributed by atoms with E-state index in [-0.39, 0.29) is 30.0 Å². The average Bonchev–Trinajstić information content (AvgIpc) is 2.81. The van der Waals surface area contributed by atoms with E-state index in [0.29, 0.717) is 6.42 Å². The van der Waals surface area contributed by atoms with Gasteiger partial charge in [0.2, 0.25) is 5.91 Å². The van der Waals surface area contributed by atoms with E-state index in [4.69, 9.17) is 0 Å². The number of carbonyl (C=O) groups excluding carboxylic acids is 1. The highest BCUT2D eigenvalue weighted by Crippen LogP contribution is 2.17. The second-order valence-corrected chi connectivity index (χ2v) is 10.1. The van der Waals surface area contributed by atoms with Gasteiger partial charge in [-0.1, -0.05) is 25.0 Å². The third-order valence-electron chi connectivity index (χ3n) is 5.57. The number of rotatable bonds is 6. The summed E-state index contributed by atoms with van der Waals surface area (Å²) in [6, 6.07) is 7.99. The monoisotopic (exact) mass is 393 g/mol. The number of anilines is 1.